The third-order valence-corrected chi connectivity index (χ3v) is 6.34. The number of carbonyl (C=O) groups excluding carboxylic acids is 1. The number of rotatable bonds is 6. The van der Waals surface area contributed by atoms with Crippen molar-refractivity contribution in [1.29, 1.82) is 0 Å². The molecule has 0 unspecified atom stereocenters. The van der Waals surface area contributed by atoms with Crippen molar-refractivity contribution in [3.05, 3.63) is 52.1 Å². The van der Waals surface area contributed by atoms with E-state index in [4.69, 9.17) is 10.5 Å². The van der Waals surface area contributed by atoms with Gasteiger partial charge in [-0.2, -0.15) is 0 Å². The Morgan fingerprint density at radius 2 is 1.38 bits per heavy atom. The second-order valence-electron chi connectivity index (χ2n) is 6.34. The van der Waals surface area contributed by atoms with Crippen LogP contribution in [-0.4, -0.2) is 20.9 Å². The molecule has 1 amide bonds. The first kappa shape index (κ1) is 19.8. The third-order valence-electron chi connectivity index (χ3n) is 4.69. The van der Waals surface area contributed by atoms with Gasteiger partial charge in [0.25, 0.3) is 15.9 Å². The molecule has 0 saturated heterocycles. The number of nitrogens with one attached hydrogen (secondary N) is 1. The van der Waals surface area contributed by atoms with Gasteiger partial charge >= 0.3 is 0 Å². The Morgan fingerprint density at radius 1 is 0.923 bits per heavy atom. The fourth-order valence-electron chi connectivity index (χ4n) is 2.85. The molecule has 140 valence electrons. The number of nitrogens with two attached hydrogens (primary N) is 1. The summed E-state index contributed by atoms with van der Waals surface area (Å²) in [6.07, 6.45) is 0. The maximum atomic E-state index is 13.0. The molecule has 2 aromatic carbocycles. The van der Waals surface area contributed by atoms with Crippen molar-refractivity contribution in [1.82, 2.24) is 0 Å². The van der Waals surface area contributed by atoms with E-state index in [2.05, 4.69) is 4.72 Å². The van der Waals surface area contributed by atoms with Crippen molar-refractivity contribution in [3.63, 3.8) is 0 Å². The molecule has 0 heterocycles. The SMILES string of the molecule is Cc1c(C)c(C)c(S(=O)(=O)Nc2ccc(OCC(N)=O)cc2)c(C)c1C. The van der Waals surface area contributed by atoms with Crippen molar-refractivity contribution in [2.75, 3.05) is 11.3 Å². The first-order chi connectivity index (χ1) is 12.0. The van der Waals surface area contributed by atoms with Crippen LogP contribution in [0.2, 0.25) is 0 Å². The maximum absolute atomic E-state index is 13.0. The van der Waals surface area contributed by atoms with Gasteiger partial charge in [-0.05, 0) is 86.7 Å². The zero-order chi connectivity index (χ0) is 19.6. The van der Waals surface area contributed by atoms with Crippen molar-refractivity contribution >= 4 is 21.6 Å². The van der Waals surface area contributed by atoms with Crippen molar-refractivity contribution in [3.8, 4) is 5.75 Å². The topological polar surface area (TPSA) is 98.5 Å². The van der Waals surface area contributed by atoms with Gasteiger partial charge in [0, 0.05) is 5.69 Å². The van der Waals surface area contributed by atoms with Crippen molar-refractivity contribution in [2.45, 2.75) is 39.5 Å². The third kappa shape index (κ3) is 3.99. The molecule has 0 bridgehead atoms. The molecule has 7 heteroatoms. The summed E-state index contributed by atoms with van der Waals surface area (Å²) in [7, 11) is -3.74. The first-order valence-corrected chi connectivity index (χ1v) is 9.64. The molecule has 0 aromatic heterocycles. The lowest BCUT2D eigenvalue weighted by Crippen LogP contribution is -2.20. The lowest BCUT2D eigenvalue weighted by molar-refractivity contribution is -0.119. The van der Waals surface area contributed by atoms with Crippen LogP contribution < -0.4 is 15.2 Å². The zero-order valence-corrected chi connectivity index (χ0v) is 16.5. The highest BCUT2D eigenvalue weighted by Gasteiger charge is 2.23. The Morgan fingerprint density at radius 3 is 1.85 bits per heavy atom. The van der Waals surface area contributed by atoms with Gasteiger partial charge in [0.1, 0.15) is 5.75 Å². The molecular formula is C19H24N2O4S. The maximum Gasteiger partial charge on any atom is 0.262 e. The summed E-state index contributed by atoms with van der Waals surface area (Å²) in [5.41, 5.74) is 9.99. The lowest BCUT2D eigenvalue weighted by atomic mass is 9.95. The van der Waals surface area contributed by atoms with Gasteiger partial charge in [-0.3, -0.25) is 9.52 Å². The van der Waals surface area contributed by atoms with E-state index >= 15 is 0 Å². The highest BCUT2D eigenvalue weighted by Crippen LogP contribution is 2.31. The number of ether oxygens (including phenoxy) is 1. The smallest absolute Gasteiger partial charge is 0.262 e. The van der Waals surface area contributed by atoms with Crippen LogP contribution in [0, 0.1) is 34.6 Å². The number of primary amides is 1. The minimum Gasteiger partial charge on any atom is -0.484 e. The van der Waals surface area contributed by atoms with E-state index in [9.17, 15) is 13.2 Å². The zero-order valence-electron chi connectivity index (χ0n) is 15.6. The first-order valence-electron chi connectivity index (χ1n) is 8.15. The van der Waals surface area contributed by atoms with Gasteiger partial charge in [-0.25, -0.2) is 8.42 Å². The van der Waals surface area contributed by atoms with E-state index in [1.54, 1.807) is 24.3 Å². The van der Waals surface area contributed by atoms with Crippen LogP contribution >= 0.6 is 0 Å². The van der Waals surface area contributed by atoms with E-state index in [1.807, 2.05) is 34.6 Å². The number of anilines is 1. The van der Waals surface area contributed by atoms with Crippen LogP contribution in [0.5, 0.6) is 5.75 Å². The predicted molar refractivity (Wildman–Crippen MR) is 102 cm³/mol. The Kier molecular flexibility index (Phi) is 5.61. The summed E-state index contributed by atoms with van der Waals surface area (Å²) in [4.78, 5) is 11.0. The minimum absolute atomic E-state index is 0.231. The lowest BCUT2D eigenvalue weighted by Gasteiger charge is -2.19. The van der Waals surface area contributed by atoms with Crippen LogP contribution in [-0.2, 0) is 14.8 Å². The van der Waals surface area contributed by atoms with E-state index in [-0.39, 0.29) is 6.61 Å². The van der Waals surface area contributed by atoms with Crippen LogP contribution in [0.1, 0.15) is 27.8 Å². The number of amides is 1. The van der Waals surface area contributed by atoms with E-state index in [0.29, 0.717) is 16.3 Å². The quantitative estimate of drug-likeness (QED) is 0.810. The Balaban J connectivity index is 2.34. The molecule has 0 atom stereocenters. The highest BCUT2D eigenvalue weighted by atomic mass is 32.2. The summed E-state index contributed by atoms with van der Waals surface area (Å²) >= 11 is 0. The van der Waals surface area contributed by atoms with Gasteiger partial charge in [-0.1, -0.05) is 0 Å². The summed E-state index contributed by atoms with van der Waals surface area (Å²) in [6.45, 7) is 9.28. The molecule has 0 fully saturated rings. The number of hydrogen-bond acceptors (Lipinski definition) is 4. The number of sulfonamides is 1. The number of benzene rings is 2. The molecule has 0 aliphatic rings. The van der Waals surface area contributed by atoms with Crippen molar-refractivity contribution in [2.24, 2.45) is 5.73 Å². The predicted octanol–water partition coefficient (Wildman–Crippen LogP) is 2.89. The monoisotopic (exact) mass is 376 g/mol. The Labute approximate surface area is 154 Å². The van der Waals surface area contributed by atoms with Crippen LogP contribution in [0.15, 0.2) is 29.2 Å². The largest absolute Gasteiger partial charge is 0.484 e. The average molecular weight is 376 g/mol. The van der Waals surface area contributed by atoms with Crippen LogP contribution in [0.3, 0.4) is 0 Å². The molecule has 3 N–H and O–H groups in total. The molecule has 6 nitrogen and oxygen atoms in total. The summed E-state index contributed by atoms with van der Waals surface area (Å²) in [5, 5.41) is 0. The van der Waals surface area contributed by atoms with Crippen molar-refractivity contribution < 1.29 is 17.9 Å². The second kappa shape index (κ2) is 7.37. The molecule has 0 aliphatic carbocycles. The van der Waals surface area contributed by atoms with Crippen LogP contribution in [0.4, 0.5) is 5.69 Å². The minimum atomic E-state index is -3.74. The van der Waals surface area contributed by atoms with Crippen LogP contribution in [0.25, 0.3) is 0 Å². The second-order valence-corrected chi connectivity index (χ2v) is 7.96. The van der Waals surface area contributed by atoms with Gasteiger partial charge in [0.05, 0.1) is 4.90 Å². The Hall–Kier alpha value is -2.54. The Bertz CT molecular complexity index is 919. The molecular weight excluding hydrogens is 352 g/mol. The normalized spacial score (nSPS) is 11.3. The standard InChI is InChI=1S/C19H24N2O4S/c1-11-12(2)14(4)19(15(5)13(11)3)26(23,24)21-16-6-8-17(9-7-16)25-10-18(20)22/h6-9,21H,10H2,1-5H3,(H2,20,22). The molecule has 0 saturated carbocycles. The van der Waals surface area contributed by atoms with E-state index in [0.717, 1.165) is 27.8 Å². The van der Waals surface area contributed by atoms with E-state index < -0.39 is 15.9 Å². The van der Waals surface area contributed by atoms with Gasteiger partial charge < -0.3 is 10.5 Å². The molecule has 0 aliphatic heterocycles. The average Bonchev–Trinajstić information content (AvgIpc) is 2.57. The molecule has 0 radical (unpaired) electrons. The summed E-state index contributed by atoms with van der Waals surface area (Å²) < 4.78 is 33.7. The summed E-state index contributed by atoms with van der Waals surface area (Å²) in [5.74, 6) is -0.146. The highest BCUT2D eigenvalue weighted by molar-refractivity contribution is 7.92. The fourth-order valence-corrected chi connectivity index (χ4v) is 4.51. The van der Waals surface area contributed by atoms with E-state index in [1.165, 1.54) is 0 Å². The van der Waals surface area contributed by atoms with Gasteiger partial charge in [0.2, 0.25) is 0 Å². The number of carbonyl (C=O) groups is 1. The molecule has 2 aromatic rings. The fraction of sp³-hybridized carbons (Fsp3) is 0.316. The van der Waals surface area contributed by atoms with Gasteiger partial charge in [-0.15, -0.1) is 0 Å². The summed E-state index contributed by atoms with van der Waals surface area (Å²) in [6, 6.07) is 6.30. The molecule has 26 heavy (non-hydrogen) atoms. The van der Waals surface area contributed by atoms with Gasteiger partial charge in [0.15, 0.2) is 6.61 Å². The molecule has 0 spiro atoms. The molecule has 2 rings (SSSR count). The number of hydrogen-bond donors (Lipinski definition) is 2.